The molecule has 3 N–H and O–H groups in total. The van der Waals surface area contributed by atoms with Gasteiger partial charge in [-0.3, -0.25) is 0 Å². The van der Waals surface area contributed by atoms with Crippen LogP contribution in [0.4, 0.5) is 0 Å². The summed E-state index contributed by atoms with van der Waals surface area (Å²) in [7, 11) is -4.61. The molecule has 1 aliphatic heterocycles. The summed E-state index contributed by atoms with van der Waals surface area (Å²) in [6.45, 7) is 1.18. The second kappa shape index (κ2) is 6.27. The van der Waals surface area contributed by atoms with Gasteiger partial charge in [-0.2, -0.15) is 0 Å². The fraction of sp³-hybridized carbons (Fsp3) is 0.600. The molecule has 0 radical (unpaired) electrons. The summed E-state index contributed by atoms with van der Waals surface area (Å²) in [6.07, 6.45) is -0.631. The topological polar surface area (TPSA) is 131 Å². The summed E-state index contributed by atoms with van der Waals surface area (Å²) in [5.41, 5.74) is 0.0830. The van der Waals surface area contributed by atoms with Gasteiger partial charge in [-0.25, -0.2) is 0 Å². The van der Waals surface area contributed by atoms with Crippen LogP contribution in [-0.4, -0.2) is 59.3 Å². The average Bonchev–Trinajstić information content (AvgIpc) is 2.72. The van der Waals surface area contributed by atoms with E-state index in [-0.39, 0.29) is 12.0 Å². The van der Waals surface area contributed by atoms with E-state index in [2.05, 4.69) is 25.5 Å². The first-order valence-corrected chi connectivity index (χ1v) is 8.46. The minimum absolute atomic E-state index is 0.198. The van der Waals surface area contributed by atoms with Crippen LogP contribution in [-0.2, 0) is 13.8 Å². The van der Waals surface area contributed by atoms with Crippen LogP contribution >= 0.6 is 7.82 Å². The Hall–Kier alpha value is -0.571. The van der Waals surface area contributed by atoms with Crippen molar-refractivity contribution in [3.63, 3.8) is 0 Å². The van der Waals surface area contributed by atoms with Crippen molar-refractivity contribution in [3.8, 4) is 0 Å². The van der Waals surface area contributed by atoms with Crippen molar-refractivity contribution in [1.82, 2.24) is 9.55 Å². The molecule has 9 nitrogen and oxygen atoms in total. The zero-order valence-electron chi connectivity index (χ0n) is 11.0. The number of rotatable bonds is 4. The quantitative estimate of drug-likeness (QED) is 0.395. The summed E-state index contributed by atoms with van der Waals surface area (Å²) in [5, 5.41) is 9.87. The second-order valence-corrected chi connectivity index (χ2v) is 6.73. The fourth-order valence-electron chi connectivity index (χ4n) is 1.98. The molecule has 2 heterocycles. The summed E-state index contributed by atoms with van der Waals surface area (Å²) < 4.78 is 22.5. The Labute approximate surface area is 128 Å². The molecule has 11 heteroatoms. The molecule has 1 aliphatic rings. The van der Waals surface area contributed by atoms with E-state index in [1.165, 1.54) is 0 Å². The van der Waals surface area contributed by atoms with Crippen LogP contribution in [0.25, 0.3) is 0 Å². The molecule has 0 bridgehead atoms. The van der Waals surface area contributed by atoms with E-state index in [4.69, 9.17) is 14.5 Å². The van der Waals surface area contributed by atoms with Crippen LogP contribution in [0.1, 0.15) is 18.2 Å². The number of hydrogen-bond acceptors (Lipinski definition) is 6. The molecule has 0 spiro atoms. The number of phosphoric acid groups is 1. The van der Waals surface area contributed by atoms with Crippen molar-refractivity contribution in [2.24, 2.45) is 0 Å². The van der Waals surface area contributed by atoms with Gasteiger partial charge in [-0.1, -0.05) is 0 Å². The van der Waals surface area contributed by atoms with Gasteiger partial charge in [0.25, 0.3) is 0 Å². The van der Waals surface area contributed by atoms with E-state index in [0.29, 0.717) is 10.3 Å². The van der Waals surface area contributed by atoms with Crippen LogP contribution in [0.15, 0.2) is 11.0 Å². The molecule has 2 rings (SSSR count). The Morgan fingerprint density at radius 1 is 1.62 bits per heavy atom. The molecule has 0 unspecified atom stereocenters. The summed E-state index contributed by atoms with van der Waals surface area (Å²) >= 11 is 2.14. The van der Waals surface area contributed by atoms with E-state index in [9.17, 15) is 14.5 Å². The molecule has 1 aromatic rings. The Kier molecular flexibility index (Phi) is 5.02. The molecule has 0 aromatic carbocycles. The monoisotopic (exact) mass is 386 g/mol. The Morgan fingerprint density at radius 3 is 2.90 bits per heavy atom. The van der Waals surface area contributed by atoms with Gasteiger partial charge in [0.2, 0.25) is 0 Å². The minimum atomic E-state index is -4.61. The molecule has 118 valence electrons. The number of aromatic nitrogens is 2. The molecule has 1 fully saturated rings. The van der Waals surface area contributed by atoms with Gasteiger partial charge in [0.15, 0.2) is 0 Å². The Balaban J connectivity index is 2.12. The third-order valence-corrected chi connectivity index (χ3v) is 4.20. The van der Waals surface area contributed by atoms with E-state index in [0.717, 1.165) is 0 Å². The third kappa shape index (κ3) is 4.21. The van der Waals surface area contributed by atoms with Crippen LogP contribution in [0.2, 0.25) is 0 Å². The number of aliphatic hydroxyl groups excluding tert-OH is 1. The van der Waals surface area contributed by atoms with E-state index < -0.39 is 32.9 Å². The van der Waals surface area contributed by atoms with Crippen molar-refractivity contribution >= 4 is 28.6 Å². The molecular formula is C10H15N2O7PSe. The first-order chi connectivity index (χ1) is 9.67. The normalized spacial score (nSPS) is 26.2. The summed E-state index contributed by atoms with van der Waals surface area (Å²) in [6, 6.07) is 0. The van der Waals surface area contributed by atoms with Crippen molar-refractivity contribution in [2.45, 2.75) is 31.8 Å². The van der Waals surface area contributed by atoms with E-state index in [1.807, 2.05) is 0 Å². The number of hydrogen-bond donors (Lipinski definition) is 3. The molecule has 1 aromatic heterocycles. The van der Waals surface area contributed by atoms with Crippen molar-refractivity contribution in [3.05, 3.63) is 22.1 Å². The molecule has 0 amide bonds. The first-order valence-electron chi connectivity index (χ1n) is 6.00. The molecule has 0 saturated carbocycles. The van der Waals surface area contributed by atoms with Crippen molar-refractivity contribution < 1.29 is 28.7 Å². The Bertz CT molecular complexity index is 630. The Morgan fingerprint density at radius 2 is 2.29 bits per heavy atom. The van der Waals surface area contributed by atoms with E-state index >= 15 is 0 Å². The number of nitrogens with zero attached hydrogens (tertiary/aromatic N) is 2. The third-order valence-electron chi connectivity index (χ3n) is 3.02. The number of aryl methyl sites for hydroxylation is 1. The zero-order chi connectivity index (χ0) is 15.8. The predicted octanol–water partition coefficient (Wildman–Crippen LogP) is -2.16. The predicted molar refractivity (Wildman–Crippen MR) is 72.5 cm³/mol. The van der Waals surface area contributed by atoms with Crippen LogP contribution in [0.3, 0.4) is 0 Å². The number of aliphatic hydroxyl groups is 1. The second-order valence-electron chi connectivity index (χ2n) is 4.65. The van der Waals surface area contributed by atoms with Crippen LogP contribution < -0.4 is 10.3 Å². The molecular weight excluding hydrogens is 370 g/mol. The van der Waals surface area contributed by atoms with Crippen molar-refractivity contribution in [1.29, 1.82) is 0 Å². The van der Waals surface area contributed by atoms with E-state index in [1.54, 1.807) is 17.7 Å². The van der Waals surface area contributed by atoms with Crippen LogP contribution in [0, 0.1) is 6.92 Å². The van der Waals surface area contributed by atoms with Gasteiger partial charge in [0.1, 0.15) is 0 Å². The van der Waals surface area contributed by atoms with Crippen molar-refractivity contribution in [2.75, 3.05) is 6.61 Å². The molecule has 1 saturated heterocycles. The maximum absolute atomic E-state index is 11.4. The summed E-state index contributed by atoms with van der Waals surface area (Å²) in [5.74, 6) is 0. The van der Waals surface area contributed by atoms with Gasteiger partial charge in [-0.15, -0.1) is 0 Å². The van der Waals surface area contributed by atoms with Gasteiger partial charge < -0.3 is 0 Å². The average molecular weight is 385 g/mol. The van der Waals surface area contributed by atoms with Gasteiger partial charge in [0.05, 0.1) is 0 Å². The molecule has 21 heavy (non-hydrogen) atoms. The van der Waals surface area contributed by atoms with Crippen LogP contribution in [0.5, 0.6) is 0 Å². The van der Waals surface area contributed by atoms with Gasteiger partial charge in [-0.05, 0) is 0 Å². The molecule has 0 aliphatic carbocycles. The summed E-state index contributed by atoms with van der Waals surface area (Å²) in [4.78, 5) is 32.5. The number of ether oxygens (including phenoxy) is 1. The SMILES string of the molecule is Cc1cn([C@H]2C[C@H](O)[C@@H](COP(=O)(O)O)O2)c([SeH])nc1=O. The van der Waals surface area contributed by atoms with Gasteiger partial charge >= 0.3 is 127 Å². The van der Waals surface area contributed by atoms with Gasteiger partial charge in [0, 0.05) is 0 Å². The maximum atomic E-state index is 11.4. The standard InChI is InChI=1S/C10H15N2O7PSe/c1-5-3-12(10(21)11-9(5)14)8-2-6(13)7(19-8)4-18-20(15,16)17/h3,6-8,13H,2,4H2,1H3,(H,11,14,21)(H2,15,16,17)/t6-,7+,8+/m0/s1. The number of phosphoric ester groups is 1. The fourth-order valence-corrected chi connectivity index (χ4v) is 2.90. The first kappa shape index (κ1) is 16.8. The molecule has 3 atom stereocenters. The zero-order valence-corrected chi connectivity index (χ0v) is 13.8.